The number of carbonyl (C=O) groups excluding carboxylic acids is 1. The van der Waals surface area contributed by atoms with Crippen molar-refractivity contribution >= 4 is 23.5 Å². The van der Waals surface area contributed by atoms with Crippen LogP contribution in [0.1, 0.15) is 48.2 Å². The molecular weight excluding hydrogens is 578 g/mol. The van der Waals surface area contributed by atoms with E-state index in [-0.39, 0.29) is 24.1 Å². The van der Waals surface area contributed by atoms with Crippen molar-refractivity contribution in [1.82, 2.24) is 15.2 Å². The van der Waals surface area contributed by atoms with Crippen LogP contribution in [0.15, 0.2) is 54.6 Å². The van der Waals surface area contributed by atoms with Crippen molar-refractivity contribution in [2.75, 3.05) is 27.2 Å². The first-order valence-corrected chi connectivity index (χ1v) is 15.8. The Hall–Kier alpha value is -3.46. The van der Waals surface area contributed by atoms with E-state index in [9.17, 15) is 19.8 Å². The number of hydrogen-bond acceptors (Lipinski definition) is 6. The number of hydrogen-bond donors (Lipinski definition) is 3. The highest BCUT2D eigenvalue weighted by Crippen LogP contribution is 2.58. The van der Waals surface area contributed by atoms with Crippen LogP contribution >= 0.6 is 11.6 Å². The van der Waals surface area contributed by atoms with Crippen LogP contribution in [0.5, 0.6) is 5.75 Å². The molecule has 9 heteroatoms. The number of carboxylic acids is 1. The number of aryl methyl sites for hydroxylation is 1. The van der Waals surface area contributed by atoms with Gasteiger partial charge in [-0.3, -0.25) is 4.79 Å². The number of carboxylic acid groups (broad SMARTS) is 1. The number of ether oxygens (including phenoxy) is 1. The van der Waals surface area contributed by atoms with E-state index in [4.69, 9.17) is 21.3 Å². The lowest BCUT2D eigenvalue weighted by molar-refractivity contribution is -0.163. The van der Waals surface area contributed by atoms with E-state index < -0.39 is 23.5 Å². The molecule has 1 heterocycles. The van der Waals surface area contributed by atoms with Gasteiger partial charge in [0.2, 0.25) is 0 Å². The molecule has 4 bridgehead atoms. The van der Waals surface area contributed by atoms with Gasteiger partial charge in [-0.2, -0.15) is 0 Å². The molecule has 1 atom stereocenters. The summed E-state index contributed by atoms with van der Waals surface area (Å²) in [7, 11) is 3.75. The Morgan fingerprint density at radius 1 is 1.02 bits per heavy atom. The molecule has 2 aromatic carbocycles. The Morgan fingerprint density at radius 2 is 1.70 bits per heavy atom. The summed E-state index contributed by atoms with van der Waals surface area (Å²) in [6.45, 7) is 2.52. The summed E-state index contributed by atoms with van der Waals surface area (Å²) in [5.74, 6) is -0.0278. The van der Waals surface area contributed by atoms with Gasteiger partial charge >= 0.3 is 5.97 Å². The summed E-state index contributed by atoms with van der Waals surface area (Å²) in [6, 6.07) is 16.8. The molecular formula is C35H40ClN3O5. The fourth-order valence-corrected chi connectivity index (χ4v) is 8.28. The van der Waals surface area contributed by atoms with Gasteiger partial charge in [-0.25, -0.2) is 9.78 Å². The lowest BCUT2D eigenvalue weighted by atomic mass is 9.48. The third-order valence-electron chi connectivity index (χ3n) is 9.88. The van der Waals surface area contributed by atoms with E-state index in [1.165, 1.54) is 6.42 Å². The van der Waals surface area contributed by atoms with Gasteiger partial charge in [0.1, 0.15) is 29.7 Å². The third-order valence-corrected chi connectivity index (χ3v) is 10.2. The van der Waals surface area contributed by atoms with Gasteiger partial charge in [0.05, 0.1) is 10.7 Å². The zero-order chi connectivity index (χ0) is 31.2. The first kappa shape index (κ1) is 30.6. The summed E-state index contributed by atoms with van der Waals surface area (Å²) >= 11 is 6.49. The molecule has 0 aliphatic heterocycles. The molecule has 3 aromatic rings. The highest BCUT2D eigenvalue weighted by Gasteiger charge is 2.62. The monoisotopic (exact) mass is 617 g/mol. The number of carbonyl (C=O) groups is 2. The van der Waals surface area contributed by atoms with Crippen LogP contribution in [0.2, 0.25) is 5.02 Å². The number of benzene rings is 2. The molecule has 232 valence electrons. The lowest BCUT2D eigenvalue weighted by Crippen LogP contribution is -2.70. The van der Waals surface area contributed by atoms with Gasteiger partial charge in [0.15, 0.2) is 0 Å². The van der Waals surface area contributed by atoms with E-state index >= 15 is 0 Å². The highest BCUT2D eigenvalue weighted by atomic mass is 35.5. The van der Waals surface area contributed by atoms with Gasteiger partial charge in [-0.05, 0) is 112 Å². The second-order valence-corrected chi connectivity index (χ2v) is 13.6. The molecule has 0 saturated heterocycles. The third kappa shape index (κ3) is 5.71. The molecule has 1 amide bonds. The Balaban J connectivity index is 1.36. The quantitative estimate of drug-likeness (QED) is 0.268. The number of nitrogens with zero attached hydrogens (tertiary/aromatic N) is 2. The molecule has 0 unspecified atom stereocenters. The lowest BCUT2D eigenvalue weighted by Gasteiger charge is -2.59. The zero-order valence-electron chi connectivity index (χ0n) is 25.4. The molecule has 1 aromatic heterocycles. The molecule has 4 saturated carbocycles. The predicted octanol–water partition coefficient (Wildman–Crippen LogP) is 5.69. The van der Waals surface area contributed by atoms with E-state index in [1.54, 1.807) is 18.2 Å². The van der Waals surface area contributed by atoms with Crippen molar-refractivity contribution in [1.29, 1.82) is 0 Å². The molecule has 4 aliphatic rings. The average Bonchev–Trinajstić information content (AvgIpc) is 2.98. The summed E-state index contributed by atoms with van der Waals surface area (Å²) in [5.41, 5.74) is 2.95. The molecule has 44 heavy (non-hydrogen) atoms. The Labute approximate surface area is 263 Å². The Kier molecular flexibility index (Phi) is 8.44. The van der Waals surface area contributed by atoms with Gasteiger partial charge in [0, 0.05) is 17.7 Å². The van der Waals surface area contributed by atoms with E-state index in [1.807, 2.05) is 62.3 Å². The van der Waals surface area contributed by atoms with Gasteiger partial charge in [-0.1, -0.05) is 41.9 Å². The van der Waals surface area contributed by atoms with Crippen LogP contribution in [0.25, 0.3) is 22.4 Å². The number of amides is 1. The van der Waals surface area contributed by atoms with Crippen molar-refractivity contribution in [3.63, 3.8) is 0 Å². The minimum absolute atomic E-state index is 0.0587. The highest BCUT2D eigenvalue weighted by molar-refractivity contribution is 6.32. The maximum atomic E-state index is 13.9. The number of likely N-dealkylation sites (N-methyl/N-ethyl adjacent to an activating group) is 1. The van der Waals surface area contributed by atoms with Crippen LogP contribution in [-0.2, 0) is 4.79 Å². The first-order valence-electron chi connectivity index (χ1n) is 15.4. The number of nitrogens with one attached hydrogen (secondary N) is 1. The molecule has 3 N–H and O–H groups in total. The molecule has 7 rings (SSSR count). The average molecular weight is 618 g/mol. The van der Waals surface area contributed by atoms with Crippen LogP contribution in [0.3, 0.4) is 0 Å². The minimum atomic E-state index is -1.27. The van der Waals surface area contributed by atoms with Gasteiger partial charge in [-0.15, -0.1) is 0 Å². The smallest absolute Gasteiger partial charge is 0.330 e. The summed E-state index contributed by atoms with van der Waals surface area (Å²) in [6.07, 6.45) is 3.87. The SMILES string of the molecule is Cc1ccccc1-c1ccc(C(=O)NC2(C(=O)O)C3CC4CC(C3)CC2C4)nc1-c1ccc(Cl)c(OC[C@H](O)CN(C)C)c1. The van der Waals surface area contributed by atoms with Crippen molar-refractivity contribution in [2.24, 2.45) is 23.7 Å². The minimum Gasteiger partial charge on any atom is -0.489 e. The van der Waals surface area contributed by atoms with E-state index in [2.05, 4.69) is 5.32 Å². The summed E-state index contributed by atoms with van der Waals surface area (Å²) in [4.78, 5) is 33.6. The Morgan fingerprint density at radius 3 is 2.34 bits per heavy atom. The Bertz CT molecular complexity index is 1550. The number of aliphatic carboxylic acids is 1. The molecule has 4 aliphatic carbocycles. The molecule has 0 spiro atoms. The van der Waals surface area contributed by atoms with Crippen LogP contribution in [0.4, 0.5) is 0 Å². The van der Waals surface area contributed by atoms with Crippen molar-refractivity contribution < 1.29 is 24.5 Å². The molecule has 0 radical (unpaired) electrons. The predicted molar refractivity (Wildman–Crippen MR) is 170 cm³/mol. The fraction of sp³-hybridized carbons (Fsp3) is 0.457. The van der Waals surface area contributed by atoms with Gasteiger partial charge in [0.25, 0.3) is 5.91 Å². The first-order chi connectivity index (χ1) is 21.0. The van der Waals surface area contributed by atoms with E-state index in [0.29, 0.717) is 40.4 Å². The second-order valence-electron chi connectivity index (χ2n) is 13.2. The molecule has 4 fully saturated rings. The zero-order valence-corrected chi connectivity index (χ0v) is 26.2. The number of aromatic nitrogens is 1. The molecule has 8 nitrogen and oxygen atoms in total. The van der Waals surface area contributed by atoms with Crippen molar-refractivity contribution in [3.8, 4) is 28.1 Å². The number of halogens is 1. The number of rotatable bonds is 10. The van der Waals surface area contributed by atoms with Gasteiger partial charge < -0.3 is 25.2 Å². The largest absolute Gasteiger partial charge is 0.489 e. The van der Waals surface area contributed by atoms with Crippen LogP contribution in [-0.4, -0.2) is 70.9 Å². The topological polar surface area (TPSA) is 112 Å². The van der Waals surface area contributed by atoms with Crippen molar-refractivity contribution in [3.05, 3.63) is 70.9 Å². The standard InChI is InChI=1S/C35H40ClN3O5/c1-20-6-4-5-7-27(20)28-9-11-30(33(41)38-35(34(42)43)24-13-21-12-22(15-24)16-25(35)14-21)37-32(28)23-8-10-29(36)31(17-23)44-19-26(40)18-39(2)3/h4-11,17,21-22,24-26,40H,12-16,18-19H2,1-3H3,(H,38,41)(H,42,43)/t21?,22?,24?,25?,26-,35?/m1/s1. The number of aliphatic hydroxyl groups excluding tert-OH is 1. The number of aliphatic hydroxyl groups is 1. The fourth-order valence-electron chi connectivity index (χ4n) is 8.11. The normalized spacial score (nSPS) is 26.0. The maximum absolute atomic E-state index is 13.9. The summed E-state index contributed by atoms with van der Waals surface area (Å²) in [5, 5.41) is 24.3. The van der Waals surface area contributed by atoms with E-state index in [0.717, 1.165) is 42.4 Å². The van der Waals surface area contributed by atoms with Crippen molar-refractivity contribution in [2.45, 2.75) is 50.7 Å². The maximum Gasteiger partial charge on any atom is 0.330 e. The second kappa shape index (κ2) is 12.1. The summed E-state index contributed by atoms with van der Waals surface area (Å²) < 4.78 is 5.92. The van der Waals surface area contributed by atoms with Crippen LogP contribution in [0, 0.1) is 30.6 Å². The van der Waals surface area contributed by atoms with Crippen LogP contribution < -0.4 is 10.1 Å². The number of pyridine rings is 1.